The number of nitrogens with one attached hydrogen (secondary N) is 1. The van der Waals surface area contributed by atoms with Gasteiger partial charge >= 0.3 is 6.09 Å². The van der Waals surface area contributed by atoms with E-state index in [4.69, 9.17) is 18.6 Å². The summed E-state index contributed by atoms with van der Waals surface area (Å²) in [4.78, 5) is 41.0. The minimum absolute atomic E-state index is 0.0444. The van der Waals surface area contributed by atoms with Crippen LogP contribution in [0.15, 0.2) is 65.1 Å². The number of fused-ring (bicyclic) bond motifs is 1. The molecule has 0 aliphatic carbocycles. The summed E-state index contributed by atoms with van der Waals surface area (Å²) in [5.74, 6) is 0.348. The zero-order chi connectivity index (χ0) is 33.9. The number of ether oxygens (including phenoxy) is 3. The number of carboxylic acid groups (broad SMARTS) is 1. The first kappa shape index (κ1) is 33.3. The molecule has 2 heterocycles. The third-order valence-corrected chi connectivity index (χ3v) is 8.45. The molecule has 2 amide bonds. The summed E-state index contributed by atoms with van der Waals surface area (Å²) in [5.41, 5.74) is 1.71. The molecule has 1 fully saturated rings. The van der Waals surface area contributed by atoms with Gasteiger partial charge in [-0.3, -0.25) is 9.59 Å². The van der Waals surface area contributed by atoms with Crippen molar-refractivity contribution in [3.05, 3.63) is 88.7 Å². The van der Waals surface area contributed by atoms with E-state index in [1.807, 2.05) is 20.8 Å². The highest BCUT2D eigenvalue weighted by Crippen LogP contribution is 2.37. The Balaban J connectivity index is 1.52. The van der Waals surface area contributed by atoms with Crippen molar-refractivity contribution in [3.63, 3.8) is 0 Å². The monoisotopic (exact) mass is 644 g/mol. The number of amides is 2. The van der Waals surface area contributed by atoms with E-state index in [1.54, 1.807) is 54.6 Å². The molecule has 0 spiro atoms. The number of benzene rings is 3. The van der Waals surface area contributed by atoms with Crippen LogP contribution in [0.5, 0.6) is 17.2 Å². The average Bonchev–Trinajstić information content (AvgIpc) is 3.36. The van der Waals surface area contributed by atoms with Gasteiger partial charge in [0.15, 0.2) is 12.6 Å². The molecule has 1 aliphatic rings. The number of likely N-dealkylation sites (tertiary alicyclic amines) is 1. The van der Waals surface area contributed by atoms with Crippen LogP contribution in [-0.2, 0) is 10.2 Å². The number of carbonyl (C=O) groups is 3. The lowest BCUT2D eigenvalue weighted by molar-refractivity contribution is 0.0503. The molecule has 1 aromatic heterocycles. The maximum absolute atomic E-state index is 14.0. The first-order valence-electron chi connectivity index (χ1n) is 15.4. The molecule has 5 rings (SSSR count). The summed E-state index contributed by atoms with van der Waals surface area (Å²) in [7, 11) is 3.01. The standard InChI is InChI=1S/C36H40N2O9/c1-36(2,3)27-16-21(11-13-29(27)39)34(41)37-28-19-38(35(42)43)15-7-9-24(28)32-18-25-23(8-6-10-31(25)47-32)33(40)26-17-22(45-5)12-14-30(26)46-20-44-4/h6,8,10-14,16-18,24,28,39H,7,9,15,19-20H2,1-5H3,(H,37,41)(H,42,43)/t24-,28+/m1/s1. The molecule has 0 radical (unpaired) electrons. The third kappa shape index (κ3) is 7.20. The summed E-state index contributed by atoms with van der Waals surface area (Å²) in [6.07, 6.45) is 0.00146. The summed E-state index contributed by atoms with van der Waals surface area (Å²) < 4.78 is 22.4. The van der Waals surface area contributed by atoms with Crippen molar-refractivity contribution in [1.29, 1.82) is 0 Å². The Kier molecular flexibility index (Phi) is 9.76. The Hall–Kier alpha value is -5.03. The fraction of sp³-hybridized carbons (Fsp3) is 0.361. The van der Waals surface area contributed by atoms with Gasteiger partial charge in [0.05, 0.1) is 18.7 Å². The molecule has 1 saturated heterocycles. The number of hydrogen-bond acceptors (Lipinski definition) is 8. The molecule has 248 valence electrons. The van der Waals surface area contributed by atoms with Gasteiger partial charge in [-0.15, -0.1) is 0 Å². The van der Waals surface area contributed by atoms with Crippen molar-refractivity contribution in [2.75, 3.05) is 34.1 Å². The van der Waals surface area contributed by atoms with Gasteiger partial charge in [-0.2, -0.15) is 0 Å². The molecule has 3 aromatic carbocycles. The first-order chi connectivity index (χ1) is 22.4. The van der Waals surface area contributed by atoms with E-state index in [0.717, 1.165) is 0 Å². The summed E-state index contributed by atoms with van der Waals surface area (Å²) >= 11 is 0. The van der Waals surface area contributed by atoms with Gasteiger partial charge in [-0.25, -0.2) is 4.79 Å². The molecule has 0 saturated carbocycles. The largest absolute Gasteiger partial charge is 0.508 e. The van der Waals surface area contributed by atoms with Gasteiger partial charge in [0.2, 0.25) is 0 Å². The molecular weight excluding hydrogens is 604 g/mol. The zero-order valence-corrected chi connectivity index (χ0v) is 27.2. The SMILES string of the molecule is COCOc1ccc(OC)cc1C(=O)c1cccc2oc([C@@H]3CCCN(C(=O)O)C[C@@H]3NC(=O)c3ccc(O)c(C(C)(C)C)c3)cc12. The Morgan fingerprint density at radius 3 is 2.51 bits per heavy atom. The highest BCUT2D eigenvalue weighted by Gasteiger charge is 2.34. The highest BCUT2D eigenvalue weighted by atomic mass is 16.7. The van der Waals surface area contributed by atoms with Crippen LogP contribution in [0.1, 0.15) is 77.1 Å². The van der Waals surface area contributed by atoms with Crippen LogP contribution < -0.4 is 14.8 Å². The molecular formula is C36H40N2O9. The van der Waals surface area contributed by atoms with Crippen LogP contribution in [-0.4, -0.2) is 73.0 Å². The Morgan fingerprint density at radius 1 is 1.02 bits per heavy atom. The molecule has 11 heteroatoms. The predicted octanol–water partition coefficient (Wildman–Crippen LogP) is 6.31. The van der Waals surface area contributed by atoms with E-state index in [-0.39, 0.29) is 30.4 Å². The van der Waals surface area contributed by atoms with Crippen molar-refractivity contribution in [2.24, 2.45) is 0 Å². The fourth-order valence-corrected chi connectivity index (χ4v) is 6.02. The van der Waals surface area contributed by atoms with Gasteiger partial charge in [0.25, 0.3) is 5.91 Å². The van der Waals surface area contributed by atoms with Crippen molar-refractivity contribution >= 4 is 28.8 Å². The summed E-state index contributed by atoms with van der Waals surface area (Å²) in [6, 6.07) is 16.0. The first-order valence-corrected chi connectivity index (χ1v) is 15.4. The van der Waals surface area contributed by atoms with Crippen LogP contribution in [0, 0.1) is 0 Å². The number of ketones is 1. The molecule has 2 atom stereocenters. The van der Waals surface area contributed by atoms with Gasteiger partial charge in [-0.1, -0.05) is 32.9 Å². The summed E-state index contributed by atoms with van der Waals surface area (Å²) in [6.45, 7) is 6.13. The fourth-order valence-electron chi connectivity index (χ4n) is 6.02. The molecule has 3 N–H and O–H groups in total. The maximum atomic E-state index is 14.0. The number of methoxy groups -OCH3 is 2. The number of nitrogens with zero attached hydrogens (tertiary/aromatic N) is 1. The van der Waals surface area contributed by atoms with Gasteiger partial charge < -0.3 is 39.1 Å². The van der Waals surface area contributed by atoms with Gasteiger partial charge in [0, 0.05) is 48.2 Å². The number of furan rings is 1. The van der Waals surface area contributed by atoms with Gasteiger partial charge in [-0.05, 0) is 66.8 Å². The normalized spacial score (nSPS) is 16.8. The van der Waals surface area contributed by atoms with Crippen LogP contribution in [0.3, 0.4) is 0 Å². The number of hydrogen-bond donors (Lipinski definition) is 3. The quantitative estimate of drug-likeness (QED) is 0.141. The van der Waals surface area contributed by atoms with Crippen LogP contribution in [0.4, 0.5) is 4.79 Å². The molecule has 0 unspecified atom stereocenters. The second-order valence-electron chi connectivity index (χ2n) is 12.6. The van der Waals surface area contributed by atoms with E-state index < -0.39 is 29.4 Å². The number of phenolic OH excluding ortho intramolecular Hbond substituents is 1. The molecule has 11 nitrogen and oxygen atoms in total. The van der Waals surface area contributed by atoms with Gasteiger partial charge in [0.1, 0.15) is 28.6 Å². The number of aromatic hydroxyl groups is 1. The van der Waals surface area contributed by atoms with Crippen molar-refractivity contribution in [3.8, 4) is 17.2 Å². The van der Waals surface area contributed by atoms with Crippen molar-refractivity contribution in [2.45, 2.75) is 51.0 Å². The number of phenols is 1. The molecule has 47 heavy (non-hydrogen) atoms. The Bertz CT molecular complexity index is 1790. The van der Waals surface area contributed by atoms with Crippen molar-refractivity contribution < 1.29 is 43.2 Å². The van der Waals surface area contributed by atoms with Crippen LogP contribution in [0.2, 0.25) is 0 Å². The smallest absolute Gasteiger partial charge is 0.407 e. The van der Waals surface area contributed by atoms with Crippen LogP contribution >= 0.6 is 0 Å². The second kappa shape index (κ2) is 13.8. The summed E-state index contributed by atoms with van der Waals surface area (Å²) in [5, 5.41) is 23.9. The van der Waals surface area contributed by atoms with E-state index >= 15 is 0 Å². The van der Waals surface area contributed by atoms with Crippen molar-refractivity contribution in [1.82, 2.24) is 10.2 Å². The van der Waals surface area contributed by atoms with E-state index in [1.165, 1.54) is 25.2 Å². The molecule has 4 aromatic rings. The van der Waals surface area contributed by atoms with E-state index in [2.05, 4.69) is 5.32 Å². The highest BCUT2D eigenvalue weighted by molar-refractivity contribution is 6.17. The van der Waals surface area contributed by atoms with E-state index in [9.17, 15) is 24.6 Å². The molecule has 0 bridgehead atoms. The lowest BCUT2D eigenvalue weighted by Gasteiger charge is -2.27. The lowest BCUT2D eigenvalue weighted by Crippen LogP contribution is -2.47. The predicted molar refractivity (Wildman–Crippen MR) is 175 cm³/mol. The minimum Gasteiger partial charge on any atom is -0.508 e. The lowest BCUT2D eigenvalue weighted by atomic mass is 9.85. The number of carbonyl (C=O) groups excluding carboxylic acids is 2. The van der Waals surface area contributed by atoms with Crippen LogP contribution in [0.25, 0.3) is 11.0 Å². The topological polar surface area (TPSA) is 148 Å². The Morgan fingerprint density at radius 2 is 1.81 bits per heavy atom. The zero-order valence-electron chi connectivity index (χ0n) is 27.2. The van der Waals surface area contributed by atoms with E-state index in [0.29, 0.717) is 64.3 Å². The number of rotatable bonds is 9. The third-order valence-electron chi connectivity index (χ3n) is 8.45. The average molecular weight is 645 g/mol. The Labute approximate surface area is 273 Å². The maximum Gasteiger partial charge on any atom is 0.407 e. The molecule has 1 aliphatic heterocycles. The second-order valence-corrected chi connectivity index (χ2v) is 12.6. The minimum atomic E-state index is -1.08.